The predicted octanol–water partition coefficient (Wildman–Crippen LogP) is 4.37. The van der Waals surface area contributed by atoms with Crippen LogP contribution in [0.4, 0.5) is 0 Å². The van der Waals surface area contributed by atoms with Crippen LogP contribution in [-0.2, 0) is 15.5 Å². The Balaban J connectivity index is 0.000000199. The molecular weight excluding hydrogens is 476 g/mol. The van der Waals surface area contributed by atoms with Crippen LogP contribution in [-0.4, -0.2) is 29.5 Å². The molecule has 0 atom stereocenters. The zero-order valence-corrected chi connectivity index (χ0v) is 21.3. The minimum Gasteiger partial charge on any atom is -0.314 e. The lowest BCUT2D eigenvalue weighted by Crippen LogP contribution is -2.21. The van der Waals surface area contributed by atoms with Crippen molar-refractivity contribution in [3.8, 4) is 0 Å². The van der Waals surface area contributed by atoms with E-state index >= 15 is 0 Å². The standard InChI is InChI=1S/C18H15P.C10H16NO4P/c1-4-10-16(11-5-1)19(17-12-6-2-7-13-17)18-14-8-3-9-15-18;12-16(13,14)15-9-8-11-7-6-10-4-2-1-3-5-10/h1-15H;1-5,11H,6-9H2,(H2,12,13,14). The first-order chi connectivity index (χ1) is 17.0. The van der Waals surface area contributed by atoms with E-state index in [0.717, 1.165) is 13.0 Å². The molecule has 4 rings (SSSR count). The number of phosphoric acid groups is 1. The molecule has 0 spiro atoms. The van der Waals surface area contributed by atoms with Gasteiger partial charge in [0.2, 0.25) is 0 Å². The molecule has 5 nitrogen and oxygen atoms in total. The molecule has 3 N–H and O–H groups in total. The van der Waals surface area contributed by atoms with Crippen LogP contribution in [0.3, 0.4) is 0 Å². The molecule has 4 aromatic rings. The minimum absolute atomic E-state index is 0.0130. The summed E-state index contributed by atoms with van der Waals surface area (Å²) < 4.78 is 14.6. The summed E-state index contributed by atoms with van der Waals surface area (Å²) >= 11 is 0. The summed E-state index contributed by atoms with van der Waals surface area (Å²) in [6.45, 7) is 1.20. The molecule has 0 saturated carbocycles. The molecule has 0 bridgehead atoms. The summed E-state index contributed by atoms with van der Waals surface area (Å²) in [5.41, 5.74) is 1.23. The van der Waals surface area contributed by atoms with Gasteiger partial charge in [0, 0.05) is 6.54 Å². The van der Waals surface area contributed by atoms with Crippen molar-refractivity contribution >= 4 is 31.7 Å². The van der Waals surface area contributed by atoms with E-state index in [2.05, 4.69) is 101 Å². The molecule has 0 aliphatic carbocycles. The first-order valence-electron chi connectivity index (χ1n) is 11.4. The Hall–Kier alpha value is -2.62. The summed E-state index contributed by atoms with van der Waals surface area (Å²) in [4.78, 5) is 16.8. The van der Waals surface area contributed by atoms with Crippen molar-refractivity contribution in [1.82, 2.24) is 5.32 Å². The van der Waals surface area contributed by atoms with Gasteiger partial charge in [-0.3, -0.25) is 4.52 Å². The third kappa shape index (κ3) is 10.3. The second-order valence-corrected chi connectivity index (χ2v) is 11.1. The number of hydrogen-bond donors (Lipinski definition) is 3. The smallest absolute Gasteiger partial charge is 0.314 e. The first-order valence-corrected chi connectivity index (χ1v) is 14.3. The van der Waals surface area contributed by atoms with Gasteiger partial charge in [0.05, 0.1) is 6.61 Å². The van der Waals surface area contributed by atoms with Gasteiger partial charge >= 0.3 is 7.82 Å². The maximum Gasteiger partial charge on any atom is 0.469 e. The first kappa shape index (κ1) is 27.0. The lowest BCUT2D eigenvalue weighted by Gasteiger charge is -2.18. The SMILES string of the molecule is O=P(O)(O)OCCNCCc1ccccc1.c1ccc(P(c2ccccc2)c2ccccc2)cc1. The second kappa shape index (κ2) is 14.7. The van der Waals surface area contributed by atoms with Crippen LogP contribution in [0.15, 0.2) is 121 Å². The molecule has 0 heterocycles. The number of benzene rings is 4. The summed E-state index contributed by atoms with van der Waals surface area (Å²) in [5.74, 6) is 0. The van der Waals surface area contributed by atoms with Crippen LogP contribution in [0.2, 0.25) is 0 Å². The highest BCUT2D eigenvalue weighted by molar-refractivity contribution is 7.79. The molecule has 0 saturated heterocycles. The highest BCUT2D eigenvalue weighted by atomic mass is 31.2. The van der Waals surface area contributed by atoms with E-state index in [9.17, 15) is 4.57 Å². The highest BCUT2D eigenvalue weighted by Gasteiger charge is 2.15. The lowest BCUT2D eigenvalue weighted by molar-refractivity contribution is 0.197. The third-order valence-electron chi connectivity index (χ3n) is 5.01. The van der Waals surface area contributed by atoms with Crippen LogP contribution in [0.1, 0.15) is 5.56 Å². The van der Waals surface area contributed by atoms with Gasteiger partial charge in [-0.2, -0.15) is 0 Å². The molecule has 0 radical (unpaired) electrons. The van der Waals surface area contributed by atoms with E-state index in [0.29, 0.717) is 6.54 Å². The quantitative estimate of drug-likeness (QED) is 0.220. The second-order valence-electron chi connectivity index (χ2n) is 7.65. The van der Waals surface area contributed by atoms with Gasteiger partial charge in [0.25, 0.3) is 0 Å². The zero-order chi connectivity index (χ0) is 24.8. The fraction of sp³-hybridized carbons (Fsp3) is 0.143. The largest absolute Gasteiger partial charge is 0.469 e. The molecule has 7 heteroatoms. The Morgan fingerprint density at radius 2 is 1.03 bits per heavy atom. The fourth-order valence-corrected chi connectivity index (χ4v) is 6.05. The molecule has 0 aliphatic rings. The topological polar surface area (TPSA) is 78.8 Å². The van der Waals surface area contributed by atoms with Crippen molar-refractivity contribution in [3.05, 3.63) is 127 Å². The lowest BCUT2D eigenvalue weighted by atomic mass is 10.1. The molecule has 0 amide bonds. The van der Waals surface area contributed by atoms with Crippen molar-refractivity contribution in [1.29, 1.82) is 0 Å². The Kier molecular flexibility index (Phi) is 11.3. The maximum absolute atomic E-state index is 10.3. The van der Waals surface area contributed by atoms with E-state index in [1.54, 1.807) is 0 Å². The average molecular weight is 508 g/mol. The van der Waals surface area contributed by atoms with Crippen molar-refractivity contribution in [3.63, 3.8) is 0 Å². The Morgan fingerprint density at radius 1 is 0.629 bits per heavy atom. The van der Waals surface area contributed by atoms with E-state index < -0.39 is 15.7 Å². The molecular formula is C28H31NO4P2. The summed E-state index contributed by atoms with van der Waals surface area (Å²) in [5, 5.41) is 7.23. The van der Waals surface area contributed by atoms with Gasteiger partial charge in [-0.15, -0.1) is 0 Å². The van der Waals surface area contributed by atoms with Crippen LogP contribution in [0, 0.1) is 0 Å². The third-order valence-corrected chi connectivity index (χ3v) is 7.98. The van der Waals surface area contributed by atoms with Crippen LogP contribution in [0.5, 0.6) is 0 Å². The number of nitrogens with one attached hydrogen (secondary N) is 1. The normalized spacial score (nSPS) is 11.1. The number of hydrogen-bond acceptors (Lipinski definition) is 3. The van der Waals surface area contributed by atoms with Gasteiger partial charge in [-0.05, 0) is 42.4 Å². The molecule has 0 aliphatic heterocycles. The Morgan fingerprint density at radius 3 is 1.43 bits per heavy atom. The van der Waals surface area contributed by atoms with E-state index in [1.165, 1.54) is 21.5 Å². The van der Waals surface area contributed by atoms with E-state index in [1.807, 2.05) is 30.3 Å². The van der Waals surface area contributed by atoms with Crippen LogP contribution >= 0.6 is 15.7 Å². The maximum atomic E-state index is 10.3. The Bertz CT molecular complexity index is 1050. The van der Waals surface area contributed by atoms with Crippen molar-refractivity contribution in [2.45, 2.75) is 6.42 Å². The van der Waals surface area contributed by atoms with Crippen LogP contribution in [0.25, 0.3) is 0 Å². The van der Waals surface area contributed by atoms with E-state index in [4.69, 9.17) is 9.79 Å². The fourth-order valence-electron chi connectivity index (χ4n) is 3.42. The van der Waals surface area contributed by atoms with Gasteiger partial charge in [0.15, 0.2) is 0 Å². The average Bonchev–Trinajstić information content (AvgIpc) is 2.89. The molecule has 0 unspecified atom stereocenters. The summed E-state index contributed by atoms with van der Waals surface area (Å²) in [6, 6.07) is 42.3. The van der Waals surface area contributed by atoms with Crippen LogP contribution < -0.4 is 21.2 Å². The highest BCUT2D eigenvalue weighted by Crippen LogP contribution is 2.35. The molecule has 0 fully saturated rings. The van der Waals surface area contributed by atoms with Crippen molar-refractivity contribution in [2.24, 2.45) is 0 Å². The minimum atomic E-state index is -4.31. The van der Waals surface area contributed by atoms with Crippen molar-refractivity contribution in [2.75, 3.05) is 19.7 Å². The molecule has 35 heavy (non-hydrogen) atoms. The molecule has 0 aromatic heterocycles. The predicted molar refractivity (Wildman–Crippen MR) is 146 cm³/mol. The van der Waals surface area contributed by atoms with Gasteiger partial charge in [-0.25, -0.2) is 4.57 Å². The summed E-state index contributed by atoms with van der Waals surface area (Å²) in [7, 11) is -4.76. The molecule has 4 aromatic carbocycles. The zero-order valence-electron chi connectivity index (χ0n) is 19.5. The number of rotatable bonds is 10. The monoisotopic (exact) mass is 507 g/mol. The Labute approximate surface area is 208 Å². The molecule has 182 valence electrons. The van der Waals surface area contributed by atoms with E-state index in [-0.39, 0.29) is 6.61 Å². The summed E-state index contributed by atoms with van der Waals surface area (Å²) in [6.07, 6.45) is 0.886. The van der Waals surface area contributed by atoms with Crippen molar-refractivity contribution < 1.29 is 18.9 Å². The van der Waals surface area contributed by atoms with Gasteiger partial charge < -0.3 is 15.1 Å². The number of phosphoric ester groups is 1. The van der Waals surface area contributed by atoms with Gasteiger partial charge in [-0.1, -0.05) is 121 Å². The van der Waals surface area contributed by atoms with Gasteiger partial charge in [0.1, 0.15) is 0 Å².